The van der Waals surface area contributed by atoms with Gasteiger partial charge < -0.3 is 10.1 Å². The standard InChI is InChI=1S/C12H13N3O4/c1-3-8(7-13)12(16)14-10-6-9(15(17)18)4-5-11(10)19-2/h4-6,8H,3H2,1-2H3,(H,14,16). The normalized spacial score (nSPS) is 11.2. The highest BCUT2D eigenvalue weighted by Crippen LogP contribution is 2.29. The summed E-state index contributed by atoms with van der Waals surface area (Å²) < 4.78 is 5.01. The third kappa shape index (κ3) is 3.42. The van der Waals surface area contributed by atoms with E-state index in [9.17, 15) is 14.9 Å². The molecule has 0 bridgehead atoms. The van der Waals surface area contributed by atoms with Gasteiger partial charge in [-0.3, -0.25) is 14.9 Å². The van der Waals surface area contributed by atoms with Crippen molar-refractivity contribution in [3.8, 4) is 11.8 Å². The maximum absolute atomic E-state index is 11.8. The Morgan fingerprint density at radius 1 is 1.63 bits per heavy atom. The van der Waals surface area contributed by atoms with E-state index < -0.39 is 16.7 Å². The first-order valence-corrected chi connectivity index (χ1v) is 5.56. The third-order valence-electron chi connectivity index (χ3n) is 2.53. The summed E-state index contributed by atoms with van der Waals surface area (Å²) in [6.07, 6.45) is 0.361. The van der Waals surface area contributed by atoms with Crippen molar-refractivity contribution < 1.29 is 14.5 Å². The molecule has 1 amide bonds. The Labute approximate surface area is 109 Å². The number of hydrogen-bond acceptors (Lipinski definition) is 5. The average molecular weight is 263 g/mol. The van der Waals surface area contributed by atoms with Crippen LogP contribution in [0.15, 0.2) is 18.2 Å². The fourth-order valence-electron chi connectivity index (χ4n) is 1.46. The number of nitro groups is 1. The van der Waals surface area contributed by atoms with Crippen LogP contribution in [0.2, 0.25) is 0 Å². The third-order valence-corrected chi connectivity index (χ3v) is 2.53. The molecule has 1 aromatic rings. The average Bonchev–Trinajstić information content (AvgIpc) is 2.39. The van der Waals surface area contributed by atoms with Crippen LogP contribution in [-0.2, 0) is 4.79 Å². The van der Waals surface area contributed by atoms with Crippen LogP contribution in [0, 0.1) is 27.4 Å². The highest BCUT2D eigenvalue weighted by Gasteiger charge is 2.19. The van der Waals surface area contributed by atoms with Gasteiger partial charge >= 0.3 is 0 Å². The zero-order valence-electron chi connectivity index (χ0n) is 10.5. The van der Waals surface area contributed by atoms with Gasteiger partial charge in [-0.2, -0.15) is 5.26 Å². The first-order valence-electron chi connectivity index (χ1n) is 5.56. The number of carbonyl (C=O) groups excluding carboxylic acids is 1. The number of amides is 1. The van der Waals surface area contributed by atoms with Crippen molar-refractivity contribution in [2.24, 2.45) is 5.92 Å². The second-order valence-electron chi connectivity index (χ2n) is 3.72. The summed E-state index contributed by atoms with van der Waals surface area (Å²) in [6.45, 7) is 1.71. The van der Waals surface area contributed by atoms with Crippen LogP contribution in [0.4, 0.5) is 11.4 Å². The molecule has 0 aliphatic heterocycles. The zero-order chi connectivity index (χ0) is 14.4. The lowest BCUT2D eigenvalue weighted by molar-refractivity contribution is -0.384. The van der Waals surface area contributed by atoms with Crippen LogP contribution >= 0.6 is 0 Å². The van der Waals surface area contributed by atoms with Crippen molar-refractivity contribution in [1.82, 2.24) is 0 Å². The second kappa shape index (κ2) is 6.35. The van der Waals surface area contributed by atoms with E-state index in [1.165, 1.54) is 25.3 Å². The Balaban J connectivity index is 3.05. The molecule has 0 saturated heterocycles. The van der Waals surface area contributed by atoms with Crippen LogP contribution in [0.5, 0.6) is 5.75 Å². The number of anilines is 1. The SMILES string of the molecule is CCC(C#N)C(=O)Nc1cc([N+](=O)[O-])ccc1OC. The molecule has 0 saturated carbocycles. The molecular formula is C12H13N3O4. The van der Waals surface area contributed by atoms with Gasteiger partial charge in [0.2, 0.25) is 5.91 Å². The Morgan fingerprint density at radius 2 is 2.32 bits per heavy atom. The molecular weight excluding hydrogens is 250 g/mol. The minimum absolute atomic E-state index is 0.166. The van der Waals surface area contributed by atoms with Crippen molar-refractivity contribution in [3.63, 3.8) is 0 Å². The summed E-state index contributed by atoms with van der Waals surface area (Å²) >= 11 is 0. The van der Waals surface area contributed by atoms with Gasteiger partial charge in [0.05, 0.1) is 23.8 Å². The number of methoxy groups -OCH3 is 1. The fourth-order valence-corrected chi connectivity index (χ4v) is 1.46. The van der Waals surface area contributed by atoms with Gasteiger partial charge in [-0.25, -0.2) is 0 Å². The number of nitrogens with zero attached hydrogens (tertiary/aromatic N) is 2. The number of carbonyl (C=O) groups is 1. The molecule has 1 unspecified atom stereocenters. The quantitative estimate of drug-likeness (QED) is 0.646. The van der Waals surface area contributed by atoms with E-state index >= 15 is 0 Å². The summed E-state index contributed by atoms with van der Waals surface area (Å²) in [4.78, 5) is 21.9. The number of nitriles is 1. The largest absolute Gasteiger partial charge is 0.495 e. The first kappa shape index (κ1) is 14.4. The number of nitro benzene ring substituents is 1. The predicted octanol–water partition coefficient (Wildman–Crippen LogP) is 2.09. The molecule has 19 heavy (non-hydrogen) atoms. The summed E-state index contributed by atoms with van der Waals surface area (Å²) in [6, 6.07) is 5.72. The Bertz CT molecular complexity index is 536. The number of non-ortho nitro benzene ring substituents is 1. The smallest absolute Gasteiger partial charge is 0.271 e. The van der Waals surface area contributed by atoms with Crippen molar-refractivity contribution in [2.45, 2.75) is 13.3 Å². The minimum atomic E-state index is -0.802. The molecule has 1 N–H and O–H groups in total. The van der Waals surface area contributed by atoms with Gasteiger partial charge in [-0.15, -0.1) is 0 Å². The van der Waals surface area contributed by atoms with Crippen molar-refractivity contribution in [2.75, 3.05) is 12.4 Å². The van der Waals surface area contributed by atoms with E-state index in [2.05, 4.69) is 5.32 Å². The highest BCUT2D eigenvalue weighted by molar-refractivity contribution is 5.95. The molecule has 0 radical (unpaired) electrons. The molecule has 0 fully saturated rings. The number of nitrogens with one attached hydrogen (secondary N) is 1. The Morgan fingerprint density at radius 3 is 2.79 bits per heavy atom. The lowest BCUT2D eigenvalue weighted by atomic mass is 10.1. The molecule has 7 heteroatoms. The molecule has 1 atom stereocenters. The topological polar surface area (TPSA) is 105 Å². The van der Waals surface area contributed by atoms with E-state index in [-0.39, 0.29) is 11.4 Å². The van der Waals surface area contributed by atoms with Gasteiger partial charge in [-0.1, -0.05) is 6.92 Å². The van der Waals surface area contributed by atoms with E-state index in [1.54, 1.807) is 6.92 Å². The lowest BCUT2D eigenvalue weighted by Gasteiger charge is -2.11. The van der Waals surface area contributed by atoms with Gasteiger partial charge in [-0.05, 0) is 12.5 Å². The van der Waals surface area contributed by atoms with E-state index in [4.69, 9.17) is 10.00 Å². The van der Waals surface area contributed by atoms with Crippen LogP contribution in [-0.4, -0.2) is 17.9 Å². The number of rotatable bonds is 5. The molecule has 0 heterocycles. The molecule has 0 aromatic heterocycles. The summed E-state index contributed by atoms with van der Waals surface area (Å²) in [5.41, 5.74) is 0.0107. The van der Waals surface area contributed by atoms with Crippen molar-refractivity contribution in [3.05, 3.63) is 28.3 Å². The molecule has 100 valence electrons. The van der Waals surface area contributed by atoms with E-state index in [0.717, 1.165) is 0 Å². The van der Waals surface area contributed by atoms with Gasteiger partial charge in [0.1, 0.15) is 11.7 Å². The predicted molar refractivity (Wildman–Crippen MR) is 67.7 cm³/mol. The van der Waals surface area contributed by atoms with E-state index in [0.29, 0.717) is 12.2 Å². The Hall–Kier alpha value is -2.62. The first-order chi connectivity index (χ1) is 9.03. The Kier molecular flexibility index (Phi) is 4.83. The maximum atomic E-state index is 11.8. The van der Waals surface area contributed by atoms with Crippen molar-refractivity contribution in [1.29, 1.82) is 5.26 Å². The fraction of sp³-hybridized carbons (Fsp3) is 0.333. The number of benzene rings is 1. The van der Waals surface area contributed by atoms with Crippen LogP contribution < -0.4 is 10.1 Å². The molecule has 1 rings (SSSR count). The van der Waals surface area contributed by atoms with Crippen LogP contribution in [0.25, 0.3) is 0 Å². The molecule has 1 aromatic carbocycles. The number of hydrogen-bond donors (Lipinski definition) is 1. The van der Waals surface area contributed by atoms with E-state index in [1.807, 2.05) is 6.07 Å². The molecule has 0 aliphatic carbocycles. The monoisotopic (exact) mass is 263 g/mol. The molecule has 0 spiro atoms. The van der Waals surface area contributed by atoms with Crippen molar-refractivity contribution >= 4 is 17.3 Å². The number of ether oxygens (including phenoxy) is 1. The summed E-state index contributed by atoms with van der Waals surface area (Å²) in [7, 11) is 1.39. The van der Waals surface area contributed by atoms with Gasteiger partial charge in [0.15, 0.2) is 0 Å². The summed E-state index contributed by atoms with van der Waals surface area (Å²) in [5.74, 6) is -1.01. The molecule has 7 nitrogen and oxygen atoms in total. The van der Waals surface area contributed by atoms with Crippen LogP contribution in [0.3, 0.4) is 0 Å². The highest BCUT2D eigenvalue weighted by atomic mass is 16.6. The van der Waals surface area contributed by atoms with Crippen LogP contribution in [0.1, 0.15) is 13.3 Å². The molecule has 0 aliphatic rings. The van der Waals surface area contributed by atoms with Gasteiger partial charge in [0.25, 0.3) is 5.69 Å². The summed E-state index contributed by atoms with van der Waals surface area (Å²) in [5, 5.41) is 21.9. The zero-order valence-corrected chi connectivity index (χ0v) is 10.5. The lowest BCUT2D eigenvalue weighted by Crippen LogP contribution is -2.21. The second-order valence-corrected chi connectivity index (χ2v) is 3.72. The van der Waals surface area contributed by atoms with Gasteiger partial charge in [0, 0.05) is 12.1 Å². The minimum Gasteiger partial charge on any atom is -0.495 e. The maximum Gasteiger partial charge on any atom is 0.271 e.